The quantitative estimate of drug-likeness (QED) is 0.368. The molecule has 3 heterocycles. The first-order chi connectivity index (χ1) is 15.3. The van der Waals surface area contributed by atoms with Crippen LogP contribution in [-0.4, -0.2) is 31.5 Å². The van der Waals surface area contributed by atoms with Gasteiger partial charge in [-0.1, -0.05) is 49.0 Å². The number of aryl methyl sites for hydroxylation is 1. The van der Waals surface area contributed by atoms with Crippen molar-refractivity contribution in [2.24, 2.45) is 10.1 Å². The van der Waals surface area contributed by atoms with Crippen molar-refractivity contribution in [3.8, 4) is 5.69 Å². The van der Waals surface area contributed by atoms with Crippen LogP contribution in [0.4, 0.5) is 0 Å². The molecule has 32 heavy (non-hydrogen) atoms. The largest absolute Gasteiger partial charge is 0.316 e. The Morgan fingerprint density at radius 3 is 2.75 bits per heavy atom. The second kappa shape index (κ2) is 9.25. The van der Waals surface area contributed by atoms with Gasteiger partial charge in [0.05, 0.1) is 21.3 Å². The minimum Gasteiger partial charge on any atom is -0.316 e. The fourth-order valence-corrected chi connectivity index (χ4v) is 5.09. The Balaban J connectivity index is 1.67. The molecule has 4 rings (SSSR count). The van der Waals surface area contributed by atoms with E-state index in [1.165, 1.54) is 16.8 Å². The number of fused-ring (bicyclic) bond motifs is 1. The number of aromatic nitrogens is 1. The molecule has 0 spiro atoms. The van der Waals surface area contributed by atoms with Crippen LogP contribution < -0.4 is 0 Å². The van der Waals surface area contributed by atoms with Gasteiger partial charge in [-0.15, -0.1) is 0 Å². The van der Waals surface area contributed by atoms with E-state index in [0.29, 0.717) is 15.2 Å². The van der Waals surface area contributed by atoms with E-state index in [-0.39, 0.29) is 11.4 Å². The van der Waals surface area contributed by atoms with E-state index in [1.54, 1.807) is 12.1 Å². The fraction of sp³-hybridized carbons (Fsp3) is 0.304. The maximum atomic E-state index is 12.8. The molecular formula is C23H23Cl2N5OS. The number of unbranched alkanes of at least 4 members (excludes halogenated alkanes) is 2. The number of hydrogen-bond acceptors (Lipinski definition) is 4. The van der Waals surface area contributed by atoms with Gasteiger partial charge in [0.2, 0.25) is 5.17 Å². The Morgan fingerprint density at radius 2 is 2.00 bits per heavy atom. The number of carbonyl (C=O) groups is 1. The molecule has 1 aromatic heterocycles. The van der Waals surface area contributed by atoms with Gasteiger partial charge in [0.15, 0.2) is 5.84 Å². The van der Waals surface area contributed by atoms with Gasteiger partial charge in [0, 0.05) is 11.4 Å². The number of nitrogens with zero attached hydrogens (tertiary/aromatic N) is 4. The molecule has 2 aromatic rings. The van der Waals surface area contributed by atoms with Crippen molar-refractivity contribution in [3.63, 3.8) is 0 Å². The van der Waals surface area contributed by atoms with Crippen molar-refractivity contribution in [2.45, 2.75) is 46.5 Å². The summed E-state index contributed by atoms with van der Waals surface area (Å²) in [6.45, 7) is 6.05. The molecule has 0 atom stereocenters. The summed E-state index contributed by atoms with van der Waals surface area (Å²) >= 11 is 14.0. The lowest BCUT2D eigenvalue weighted by atomic mass is 10.1. The van der Waals surface area contributed by atoms with E-state index >= 15 is 0 Å². The maximum absolute atomic E-state index is 12.8. The Morgan fingerprint density at radius 1 is 1.22 bits per heavy atom. The highest BCUT2D eigenvalue weighted by Gasteiger charge is 2.35. The van der Waals surface area contributed by atoms with Crippen LogP contribution in [0.5, 0.6) is 0 Å². The normalized spacial score (nSPS) is 17.2. The summed E-state index contributed by atoms with van der Waals surface area (Å²) in [5, 5.41) is 16.9. The Bertz CT molecular complexity index is 1210. The number of aliphatic imine (C=N–C) groups is 1. The lowest BCUT2D eigenvalue weighted by Gasteiger charge is -2.20. The molecule has 0 fully saturated rings. The Hall–Kier alpha value is -2.35. The van der Waals surface area contributed by atoms with Crippen LogP contribution in [0.15, 0.2) is 39.9 Å². The predicted molar refractivity (Wildman–Crippen MR) is 134 cm³/mol. The molecule has 6 nitrogen and oxygen atoms in total. The number of halogens is 2. The van der Waals surface area contributed by atoms with Gasteiger partial charge in [-0.3, -0.25) is 10.2 Å². The summed E-state index contributed by atoms with van der Waals surface area (Å²) in [6.07, 6.45) is 5.82. The number of hydrazone groups is 1. The average molecular weight is 488 g/mol. The number of carbonyl (C=O) groups excluding carboxylic acids is 1. The van der Waals surface area contributed by atoms with Crippen molar-refractivity contribution in [2.75, 3.05) is 0 Å². The van der Waals surface area contributed by atoms with Gasteiger partial charge in [0.1, 0.15) is 5.04 Å². The second-order valence-corrected chi connectivity index (χ2v) is 9.53. The molecule has 0 radical (unpaired) electrons. The van der Waals surface area contributed by atoms with E-state index in [2.05, 4.69) is 17.0 Å². The number of nitrogens with one attached hydrogen (secondary N) is 1. The molecule has 2 aliphatic rings. The molecule has 0 saturated heterocycles. The molecule has 2 aliphatic heterocycles. The van der Waals surface area contributed by atoms with Gasteiger partial charge in [-0.2, -0.15) is 15.1 Å². The van der Waals surface area contributed by atoms with Crippen LogP contribution in [0.2, 0.25) is 10.0 Å². The lowest BCUT2D eigenvalue weighted by Crippen LogP contribution is -2.35. The number of benzene rings is 1. The van der Waals surface area contributed by atoms with Crippen LogP contribution in [0, 0.1) is 19.3 Å². The van der Waals surface area contributed by atoms with Crippen molar-refractivity contribution >= 4 is 63.0 Å². The smallest absolute Gasteiger partial charge is 0.283 e. The predicted octanol–water partition coefficient (Wildman–Crippen LogP) is 6.60. The molecule has 1 amide bonds. The first kappa shape index (κ1) is 22.8. The van der Waals surface area contributed by atoms with Crippen molar-refractivity contribution in [1.29, 1.82) is 5.41 Å². The summed E-state index contributed by atoms with van der Waals surface area (Å²) in [6, 6.07) is 7.44. The summed E-state index contributed by atoms with van der Waals surface area (Å²) < 4.78 is 1.99. The third kappa shape index (κ3) is 4.17. The highest BCUT2D eigenvalue weighted by atomic mass is 35.5. The summed E-state index contributed by atoms with van der Waals surface area (Å²) in [4.78, 5) is 16.9. The van der Waals surface area contributed by atoms with E-state index in [9.17, 15) is 4.79 Å². The van der Waals surface area contributed by atoms with Crippen molar-refractivity contribution in [3.05, 3.63) is 56.8 Å². The van der Waals surface area contributed by atoms with Crippen LogP contribution in [0.1, 0.15) is 49.6 Å². The highest BCUT2D eigenvalue weighted by Crippen LogP contribution is 2.34. The molecule has 1 aromatic carbocycles. The molecular weight excluding hydrogens is 465 g/mol. The molecule has 0 bridgehead atoms. The molecule has 166 valence electrons. The minimum absolute atomic E-state index is 0.0450. The van der Waals surface area contributed by atoms with E-state index < -0.39 is 5.91 Å². The SMILES string of the molecule is CCCCCC1=NN2C(=N)/C(=C/c3cc(C)n(-c4cccc(Cl)c4Cl)c3C)C(=O)N=C2S1. The monoisotopic (exact) mass is 487 g/mol. The zero-order valence-corrected chi connectivity index (χ0v) is 20.4. The zero-order valence-electron chi connectivity index (χ0n) is 18.1. The van der Waals surface area contributed by atoms with Gasteiger partial charge < -0.3 is 4.57 Å². The molecule has 0 aliphatic carbocycles. The number of hydrogen-bond donors (Lipinski definition) is 1. The van der Waals surface area contributed by atoms with Crippen LogP contribution >= 0.6 is 35.0 Å². The number of amidine groups is 2. The van der Waals surface area contributed by atoms with Gasteiger partial charge in [-0.25, -0.2) is 0 Å². The molecule has 9 heteroatoms. The van der Waals surface area contributed by atoms with Gasteiger partial charge in [-0.05, 0) is 68.3 Å². The first-order valence-electron chi connectivity index (χ1n) is 10.4. The van der Waals surface area contributed by atoms with Crippen LogP contribution in [0.25, 0.3) is 11.8 Å². The number of thioether (sulfide) groups is 1. The lowest BCUT2D eigenvalue weighted by molar-refractivity contribution is -0.114. The topological polar surface area (TPSA) is 73.8 Å². The fourth-order valence-electron chi connectivity index (χ4n) is 3.78. The average Bonchev–Trinajstić information content (AvgIpc) is 3.28. The summed E-state index contributed by atoms with van der Waals surface area (Å²) in [5.41, 5.74) is 3.61. The maximum Gasteiger partial charge on any atom is 0.283 e. The number of rotatable bonds is 6. The van der Waals surface area contributed by atoms with Gasteiger partial charge >= 0.3 is 0 Å². The zero-order chi connectivity index (χ0) is 23.0. The molecule has 0 unspecified atom stereocenters. The second-order valence-electron chi connectivity index (χ2n) is 7.71. The number of amides is 1. The molecule has 0 saturated carbocycles. The Kier molecular flexibility index (Phi) is 6.60. The van der Waals surface area contributed by atoms with Crippen molar-refractivity contribution in [1.82, 2.24) is 9.58 Å². The van der Waals surface area contributed by atoms with Crippen LogP contribution in [-0.2, 0) is 4.79 Å². The van der Waals surface area contributed by atoms with Crippen molar-refractivity contribution < 1.29 is 4.79 Å². The molecule has 1 N–H and O–H groups in total. The van der Waals surface area contributed by atoms with E-state index in [1.807, 2.05) is 36.6 Å². The van der Waals surface area contributed by atoms with Crippen LogP contribution in [0.3, 0.4) is 0 Å². The third-order valence-corrected chi connectivity index (χ3v) is 7.21. The summed E-state index contributed by atoms with van der Waals surface area (Å²) in [7, 11) is 0. The van der Waals surface area contributed by atoms with Gasteiger partial charge in [0.25, 0.3) is 5.91 Å². The van der Waals surface area contributed by atoms with E-state index in [0.717, 1.165) is 53.4 Å². The highest BCUT2D eigenvalue weighted by molar-refractivity contribution is 8.26. The standard InChI is InChI=1S/C23H23Cl2N5OS/c1-4-5-6-10-19-28-30-21(26)16(22(31)27-23(30)32-19)12-15-11-13(2)29(14(15)3)18-9-7-8-17(24)20(18)25/h7-9,11-12,26H,4-6,10H2,1-3H3/b16-12-,26-21?. The van der Waals surface area contributed by atoms with E-state index in [4.69, 9.17) is 28.6 Å². The first-order valence-corrected chi connectivity index (χ1v) is 12.0. The summed E-state index contributed by atoms with van der Waals surface area (Å²) in [5.74, 6) is -0.382. The Labute approximate surface area is 201 Å². The minimum atomic E-state index is -0.427. The third-order valence-electron chi connectivity index (χ3n) is 5.43.